The molecule has 1 atom stereocenters. The molecule has 0 amide bonds. The molecule has 1 unspecified atom stereocenters. The Labute approximate surface area is 85.1 Å². The van der Waals surface area contributed by atoms with Gasteiger partial charge in [-0.25, -0.2) is 0 Å². The van der Waals surface area contributed by atoms with Gasteiger partial charge in [0.15, 0.2) is 0 Å². The number of benzene rings is 1. The third kappa shape index (κ3) is 2.51. The second-order valence-electron chi connectivity index (χ2n) is 2.64. The number of hydrogen-bond donors (Lipinski definition) is 0. The van der Waals surface area contributed by atoms with Gasteiger partial charge >= 0.3 is 10.2 Å². The highest BCUT2D eigenvalue weighted by Gasteiger charge is 2.22. The molecule has 0 saturated carbocycles. The van der Waals surface area contributed by atoms with E-state index in [0.717, 1.165) is 0 Å². The highest BCUT2D eigenvalue weighted by Crippen LogP contribution is 2.29. The fourth-order valence-electron chi connectivity index (χ4n) is 0.956. The number of halogens is 2. The molecule has 72 valence electrons. The van der Waals surface area contributed by atoms with Crippen molar-refractivity contribution in [1.29, 1.82) is 0 Å². The minimum absolute atomic E-state index is 0.435. The Morgan fingerprint density at radius 1 is 1.38 bits per heavy atom. The van der Waals surface area contributed by atoms with E-state index in [2.05, 4.69) is 15.9 Å². The van der Waals surface area contributed by atoms with Crippen LogP contribution in [0.15, 0.2) is 28.7 Å². The van der Waals surface area contributed by atoms with Crippen molar-refractivity contribution in [2.24, 2.45) is 0 Å². The van der Waals surface area contributed by atoms with Gasteiger partial charge in [-0.2, -0.15) is 8.42 Å². The van der Waals surface area contributed by atoms with Gasteiger partial charge in [-0.3, -0.25) is 0 Å². The summed E-state index contributed by atoms with van der Waals surface area (Å²) in [5, 5.41) is -1.12. The van der Waals surface area contributed by atoms with Crippen LogP contribution in [0.1, 0.15) is 17.7 Å². The van der Waals surface area contributed by atoms with E-state index < -0.39 is 15.5 Å². The van der Waals surface area contributed by atoms with Crippen molar-refractivity contribution >= 4 is 26.2 Å². The van der Waals surface area contributed by atoms with E-state index >= 15 is 0 Å². The molecule has 0 radical (unpaired) electrons. The van der Waals surface area contributed by atoms with Crippen LogP contribution in [0.4, 0.5) is 3.89 Å². The SMILES string of the molecule is CC(c1ccccc1Br)S(=O)(=O)F. The number of hydrogen-bond acceptors (Lipinski definition) is 2. The fraction of sp³-hybridized carbons (Fsp3) is 0.250. The van der Waals surface area contributed by atoms with Crippen LogP contribution in [0, 0.1) is 0 Å². The van der Waals surface area contributed by atoms with Crippen LogP contribution in [0.5, 0.6) is 0 Å². The largest absolute Gasteiger partial charge is 0.309 e. The molecule has 0 aromatic heterocycles. The molecule has 0 aliphatic carbocycles. The highest BCUT2D eigenvalue weighted by atomic mass is 79.9. The normalized spacial score (nSPS) is 14.1. The number of rotatable bonds is 2. The first-order valence-electron chi connectivity index (χ1n) is 3.61. The van der Waals surface area contributed by atoms with E-state index in [1.165, 1.54) is 6.92 Å². The summed E-state index contributed by atoms with van der Waals surface area (Å²) in [5.74, 6) is 0. The Morgan fingerprint density at radius 3 is 2.38 bits per heavy atom. The topological polar surface area (TPSA) is 34.1 Å². The van der Waals surface area contributed by atoms with Gasteiger partial charge in [0.25, 0.3) is 0 Å². The second kappa shape index (κ2) is 3.75. The molecule has 0 aliphatic heterocycles. The van der Waals surface area contributed by atoms with Crippen molar-refractivity contribution in [2.45, 2.75) is 12.2 Å². The van der Waals surface area contributed by atoms with Gasteiger partial charge in [0.2, 0.25) is 0 Å². The van der Waals surface area contributed by atoms with Gasteiger partial charge in [0, 0.05) is 4.47 Å². The summed E-state index contributed by atoms with van der Waals surface area (Å²) in [6.45, 7) is 1.31. The first-order valence-corrected chi connectivity index (χ1v) is 5.85. The second-order valence-corrected chi connectivity index (χ2v) is 5.15. The van der Waals surface area contributed by atoms with E-state index in [0.29, 0.717) is 10.0 Å². The van der Waals surface area contributed by atoms with Crippen LogP contribution >= 0.6 is 15.9 Å². The lowest BCUT2D eigenvalue weighted by Crippen LogP contribution is -2.04. The van der Waals surface area contributed by atoms with Gasteiger partial charge in [0.1, 0.15) is 5.25 Å². The molecule has 13 heavy (non-hydrogen) atoms. The third-order valence-corrected chi connectivity index (χ3v) is 3.59. The predicted molar refractivity (Wildman–Crippen MR) is 52.6 cm³/mol. The van der Waals surface area contributed by atoms with E-state index in [1.807, 2.05) is 0 Å². The Bertz CT molecular complexity index is 402. The lowest BCUT2D eigenvalue weighted by Gasteiger charge is -2.08. The Kier molecular flexibility index (Phi) is 3.08. The first-order chi connectivity index (χ1) is 5.93. The van der Waals surface area contributed by atoms with Gasteiger partial charge in [-0.05, 0) is 18.6 Å². The molecule has 2 nitrogen and oxygen atoms in total. The summed E-state index contributed by atoms with van der Waals surface area (Å²) in [4.78, 5) is 0. The molecule has 0 aliphatic rings. The third-order valence-electron chi connectivity index (χ3n) is 1.77. The van der Waals surface area contributed by atoms with Crippen LogP contribution in [0.25, 0.3) is 0 Å². The van der Waals surface area contributed by atoms with Crippen molar-refractivity contribution in [3.63, 3.8) is 0 Å². The predicted octanol–water partition coefficient (Wildman–Crippen LogP) is 2.81. The molecule has 1 rings (SSSR count). The molecule has 0 heterocycles. The maximum Gasteiger partial charge on any atom is 0.309 e. The maximum absolute atomic E-state index is 12.6. The minimum atomic E-state index is -4.51. The molecule has 0 N–H and O–H groups in total. The van der Waals surface area contributed by atoms with Crippen LogP contribution in [0.3, 0.4) is 0 Å². The van der Waals surface area contributed by atoms with Crippen LogP contribution in [-0.2, 0) is 10.2 Å². The molecule has 0 spiro atoms. The van der Waals surface area contributed by atoms with Crippen LogP contribution in [-0.4, -0.2) is 8.42 Å². The minimum Gasteiger partial charge on any atom is -0.194 e. The Morgan fingerprint density at radius 2 is 1.92 bits per heavy atom. The molecular formula is C8H8BrFO2S. The van der Waals surface area contributed by atoms with E-state index in [4.69, 9.17) is 0 Å². The average molecular weight is 267 g/mol. The molecular weight excluding hydrogens is 259 g/mol. The van der Waals surface area contributed by atoms with Gasteiger partial charge in [0.05, 0.1) is 0 Å². The Balaban J connectivity index is 3.17. The molecule has 0 fully saturated rings. The zero-order valence-corrected chi connectivity index (χ0v) is 9.27. The summed E-state index contributed by atoms with van der Waals surface area (Å²) < 4.78 is 34.4. The summed E-state index contributed by atoms with van der Waals surface area (Å²) in [6.07, 6.45) is 0. The van der Waals surface area contributed by atoms with Crippen molar-refractivity contribution in [3.05, 3.63) is 34.3 Å². The molecule has 0 saturated heterocycles. The quantitative estimate of drug-likeness (QED) is 0.772. The summed E-state index contributed by atoms with van der Waals surface area (Å²) in [7, 11) is -4.51. The lowest BCUT2D eigenvalue weighted by atomic mass is 10.2. The van der Waals surface area contributed by atoms with Crippen molar-refractivity contribution < 1.29 is 12.3 Å². The monoisotopic (exact) mass is 266 g/mol. The van der Waals surface area contributed by atoms with Gasteiger partial charge in [-0.1, -0.05) is 34.1 Å². The van der Waals surface area contributed by atoms with Crippen molar-refractivity contribution in [3.8, 4) is 0 Å². The average Bonchev–Trinajstić information content (AvgIpc) is 2.02. The fourth-order valence-corrected chi connectivity index (χ4v) is 2.24. The lowest BCUT2D eigenvalue weighted by molar-refractivity contribution is 0.540. The van der Waals surface area contributed by atoms with Crippen molar-refractivity contribution in [1.82, 2.24) is 0 Å². The van der Waals surface area contributed by atoms with E-state index in [-0.39, 0.29) is 0 Å². The molecule has 1 aromatic rings. The van der Waals surface area contributed by atoms with Crippen LogP contribution < -0.4 is 0 Å². The molecule has 5 heteroatoms. The standard InChI is InChI=1S/C8H8BrFO2S/c1-6(13(10,11)12)7-4-2-3-5-8(7)9/h2-6H,1H3. The van der Waals surface area contributed by atoms with Gasteiger partial charge < -0.3 is 0 Å². The highest BCUT2D eigenvalue weighted by molar-refractivity contribution is 9.10. The van der Waals surface area contributed by atoms with E-state index in [9.17, 15) is 12.3 Å². The smallest absolute Gasteiger partial charge is 0.194 e. The zero-order valence-electron chi connectivity index (χ0n) is 6.87. The zero-order chi connectivity index (χ0) is 10.1. The summed E-state index contributed by atoms with van der Waals surface area (Å²) >= 11 is 3.16. The maximum atomic E-state index is 12.6. The molecule has 1 aromatic carbocycles. The van der Waals surface area contributed by atoms with Crippen molar-refractivity contribution in [2.75, 3.05) is 0 Å². The summed E-state index contributed by atoms with van der Waals surface area (Å²) in [6, 6.07) is 6.66. The molecule has 0 bridgehead atoms. The van der Waals surface area contributed by atoms with Gasteiger partial charge in [-0.15, -0.1) is 3.89 Å². The van der Waals surface area contributed by atoms with Crippen LogP contribution in [0.2, 0.25) is 0 Å². The first kappa shape index (κ1) is 10.7. The summed E-state index contributed by atoms with van der Waals surface area (Å²) in [5.41, 5.74) is 0.435. The van der Waals surface area contributed by atoms with E-state index in [1.54, 1.807) is 24.3 Å². The Hall–Kier alpha value is -0.420.